The molecule has 110 valence electrons. The molecular weight excluding hydrogens is 267 g/mol. The molecule has 0 fully saturated rings. The second kappa shape index (κ2) is 7.02. The summed E-state index contributed by atoms with van der Waals surface area (Å²) in [5.41, 5.74) is 2.30. The number of ketones is 1. The number of carbonyl (C=O) groups excluding carboxylic acids is 1. The van der Waals surface area contributed by atoms with E-state index in [1.165, 1.54) is 11.6 Å². The van der Waals surface area contributed by atoms with Gasteiger partial charge in [-0.3, -0.25) is 4.79 Å². The van der Waals surface area contributed by atoms with E-state index in [1.54, 1.807) is 31.2 Å². The Bertz CT molecular complexity index is 618. The molecule has 2 aromatic carbocycles. The smallest absolute Gasteiger partial charge is 0.200 e. The quantitative estimate of drug-likeness (QED) is 0.738. The summed E-state index contributed by atoms with van der Waals surface area (Å²) >= 11 is 0. The Morgan fingerprint density at radius 3 is 2.52 bits per heavy atom. The lowest BCUT2D eigenvalue weighted by Crippen LogP contribution is -2.12. The Hall–Kier alpha value is -2.16. The molecule has 0 unspecified atom stereocenters. The Balaban J connectivity index is 1.99. The van der Waals surface area contributed by atoms with E-state index >= 15 is 0 Å². The Labute approximate surface area is 124 Å². The van der Waals surface area contributed by atoms with Crippen molar-refractivity contribution < 1.29 is 13.9 Å². The first-order chi connectivity index (χ1) is 10.1. The van der Waals surface area contributed by atoms with Crippen LogP contribution >= 0.6 is 0 Å². The normalized spacial score (nSPS) is 10.4. The lowest BCUT2D eigenvalue weighted by molar-refractivity contribution is 0.0918. The van der Waals surface area contributed by atoms with Crippen molar-refractivity contribution in [3.63, 3.8) is 0 Å². The van der Waals surface area contributed by atoms with Gasteiger partial charge in [-0.15, -0.1) is 0 Å². The van der Waals surface area contributed by atoms with Gasteiger partial charge < -0.3 is 4.74 Å². The third-order valence-corrected chi connectivity index (χ3v) is 3.33. The highest BCUT2D eigenvalue weighted by molar-refractivity contribution is 5.97. The average molecular weight is 286 g/mol. The zero-order chi connectivity index (χ0) is 15.2. The standard InChI is InChI=1S/C18H19FO2/c1-3-5-14-8-10-15(11-9-14)16(20)12-21-17-7-4-6-13(2)18(17)19/h4,6-11H,3,5,12H2,1-2H3. The summed E-state index contributed by atoms with van der Waals surface area (Å²) in [5.74, 6) is -0.450. The SMILES string of the molecule is CCCc1ccc(C(=O)COc2cccc(C)c2F)cc1. The average Bonchev–Trinajstić information content (AvgIpc) is 2.49. The Morgan fingerprint density at radius 2 is 1.86 bits per heavy atom. The summed E-state index contributed by atoms with van der Waals surface area (Å²) in [6.45, 7) is 3.62. The number of benzene rings is 2. The second-order valence-electron chi connectivity index (χ2n) is 5.05. The number of Topliss-reactive ketones (excluding diaryl/α,β-unsaturated/α-hetero) is 1. The minimum atomic E-state index is -0.413. The van der Waals surface area contributed by atoms with Gasteiger partial charge in [0.1, 0.15) is 0 Å². The first-order valence-corrected chi connectivity index (χ1v) is 7.12. The third-order valence-electron chi connectivity index (χ3n) is 3.33. The fraction of sp³-hybridized carbons (Fsp3) is 0.278. The van der Waals surface area contributed by atoms with Crippen LogP contribution in [0, 0.1) is 12.7 Å². The predicted molar refractivity (Wildman–Crippen MR) is 81.4 cm³/mol. The lowest BCUT2D eigenvalue weighted by Gasteiger charge is -2.08. The van der Waals surface area contributed by atoms with Crippen molar-refractivity contribution in [3.05, 3.63) is 65.0 Å². The molecular formula is C18H19FO2. The molecule has 0 saturated carbocycles. The molecule has 2 nitrogen and oxygen atoms in total. The summed E-state index contributed by atoms with van der Waals surface area (Å²) < 4.78 is 19.0. The van der Waals surface area contributed by atoms with E-state index in [-0.39, 0.29) is 18.1 Å². The molecule has 2 aromatic rings. The molecule has 0 heterocycles. The molecule has 0 atom stereocenters. The summed E-state index contributed by atoms with van der Waals surface area (Å²) in [5, 5.41) is 0. The maximum absolute atomic E-state index is 13.8. The van der Waals surface area contributed by atoms with Gasteiger partial charge in [0, 0.05) is 5.56 Å². The van der Waals surface area contributed by atoms with Gasteiger partial charge in [-0.2, -0.15) is 0 Å². The number of hydrogen-bond donors (Lipinski definition) is 0. The molecule has 0 aliphatic carbocycles. The van der Waals surface area contributed by atoms with Crippen molar-refractivity contribution in [2.75, 3.05) is 6.61 Å². The van der Waals surface area contributed by atoms with Crippen molar-refractivity contribution in [3.8, 4) is 5.75 Å². The highest BCUT2D eigenvalue weighted by atomic mass is 19.1. The van der Waals surface area contributed by atoms with Crippen LogP contribution in [0.5, 0.6) is 5.75 Å². The Morgan fingerprint density at radius 1 is 1.14 bits per heavy atom. The van der Waals surface area contributed by atoms with E-state index in [0.717, 1.165) is 12.8 Å². The van der Waals surface area contributed by atoms with Gasteiger partial charge in [0.15, 0.2) is 24.0 Å². The Kier molecular flexibility index (Phi) is 5.09. The number of rotatable bonds is 6. The fourth-order valence-corrected chi connectivity index (χ4v) is 2.10. The number of ether oxygens (including phenoxy) is 1. The van der Waals surface area contributed by atoms with Crippen molar-refractivity contribution in [1.82, 2.24) is 0 Å². The number of carbonyl (C=O) groups is 1. The van der Waals surface area contributed by atoms with Crippen LogP contribution in [0.15, 0.2) is 42.5 Å². The molecule has 0 amide bonds. The van der Waals surface area contributed by atoms with Crippen LogP contribution < -0.4 is 4.74 Å². The minimum Gasteiger partial charge on any atom is -0.482 e. The maximum Gasteiger partial charge on any atom is 0.200 e. The van der Waals surface area contributed by atoms with Crippen molar-refractivity contribution >= 4 is 5.78 Å². The van der Waals surface area contributed by atoms with Crippen LogP contribution in [0.4, 0.5) is 4.39 Å². The summed E-state index contributed by atoms with van der Waals surface area (Å²) in [6, 6.07) is 12.4. The van der Waals surface area contributed by atoms with Crippen LogP contribution in [0.1, 0.15) is 34.8 Å². The maximum atomic E-state index is 13.8. The molecule has 21 heavy (non-hydrogen) atoms. The molecule has 3 heteroatoms. The van der Waals surface area contributed by atoms with Crippen LogP contribution in [0.2, 0.25) is 0 Å². The zero-order valence-corrected chi connectivity index (χ0v) is 12.4. The number of halogens is 1. The topological polar surface area (TPSA) is 26.3 Å². The summed E-state index contributed by atoms with van der Waals surface area (Å²) in [7, 11) is 0. The molecule has 0 radical (unpaired) electrons. The van der Waals surface area contributed by atoms with E-state index in [4.69, 9.17) is 4.74 Å². The van der Waals surface area contributed by atoms with Crippen molar-refractivity contribution in [2.24, 2.45) is 0 Å². The molecule has 0 aromatic heterocycles. The molecule has 0 saturated heterocycles. The first-order valence-electron chi connectivity index (χ1n) is 7.12. The van der Waals surface area contributed by atoms with Gasteiger partial charge in [-0.1, -0.05) is 49.7 Å². The van der Waals surface area contributed by atoms with Gasteiger partial charge in [0.25, 0.3) is 0 Å². The monoisotopic (exact) mass is 286 g/mol. The molecule has 0 spiro atoms. The predicted octanol–water partition coefficient (Wildman–Crippen LogP) is 4.35. The second-order valence-corrected chi connectivity index (χ2v) is 5.05. The van der Waals surface area contributed by atoms with Gasteiger partial charge in [0.05, 0.1) is 0 Å². The van der Waals surface area contributed by atoms with Gasteiger partial charge in [-0.25, -0.2) is 4.39 Å². The van der Waals surface area contributed by atoms with Crippen LogP contribution in [-0.4, -0.2) is 12.4 Å². The zero-order valence-electron chi connectivity index (χ0n) is 12.4. The molecule has 0 aliphatic heterocycles. The van der Waals surface area contributed by atoms with E-state index in [2.05, 4.69) is 6.92 Å². The van der Waals surface area contributed by atoms with E-state index in [0.29, 0.717) is 11.1 Å². The first kappa shape index (κ1) is 15.2. The summed E-state index contributed by atoms with van der Waals surface area (Å²) in [6.07, 6.45) is 2.07. The molecule has 0 aliphatic rings. The number of hydrogen-bond acceptors (Lipinski definition) is 2. The van der Waals surface area contributed by atoms with E-state index in [1.807, 2.05) is 12.1 Å². The minimum absolute atomic E-state index is 0.117. The van der Waals surface area contributed by atoms with E-state index in [9.17, 15) is 9.18 Å². The van der Waals surface area contributed by atoms with Crippen molar-refractivity contribution in [1.29, 1.82) is 0 Å². The highest BCUT2D eigenvalue weighted by Crippen LogP contribution is 2.19. The van der Waals surface area contributed by atoms with Crippen LogP contribution in [-0.2, 0) is 6.42 Å². The third kappa shape index (κ3) is 3.91. The van der Waals surface area contributed by atoms with Crippen LogP contribution in [0.25, 0.3) is 0 Å². The van der Waals surface area contributed by atoms with Gasteiger partial charge in [0.2, 0.25) is 0 Å². The summed E-state index contributed by atoms with van der Waals surface area (Å²) in [4.78, 5) is 12.0. The van der Waals surface area contributed by atoms with Crippen molar-refractivity contribution in [2.45, 2.75) is 26.7 Å². The van der Waals surface area contributed by atoms with Gasteiger partial charge >= 0.3 is 0 Å². The largest absolute Gasteiger partial charge is 0.482 e. The number of aryl methyl sites for hydroxylation is 2. The molecule has 0 bridgehead atoms. The van der Waals surface area contributed by atoms with E-state index < -0.39 is 5.82 Å². The van der Waals surface area contributed by atoms with Crippen LogP contribution in [0.3, 0.4) is 0 Å². The highest BCUT2D eigenvalue weighted by Gasteiger charge is 2.10. The fourth-order valence-electron chi connectivity index (χ4n) is 2.10. The lowest BCUT2D eigenvalue weighted by atomic mass is 10.1. The molecule has 0 N–H and O–H groups in total. The van der Waals surface area contributed by atoms with Gasteiger partial charge in [-0.05, 0) is 30.5 Å². The molecule has 2 rings (SSSR count).